The van der Waals surface area contributed by atoms with E-state index in [1.165, 1.54) is 44.9 Å². The molecule has 3 nitrogen and oxygen atoms in total. The first kappa shape index (κ1) is 27.3. The van der Waals surface area contributed by atoms with E-state index in [4.69, 9.17) is 16.1 Å². The number of carbonyl (C=O) groups is 1. The molecule has 0 aliphatic rings. The van der Waals surface area contributed by atoms with Crippen LogP contribution in [0.15, 0.2) is 24.3 Å². The third-order valence-corrected chi connectivity index (χ3v) is 5.19. The summed E-state index contributed by atoms with van der Waals surface area (Å²) in [4.78, 5) is 13.8. The van der Waals surface area contributed by atoms with Gasteiger partial charge >= 0.3 is 6.47 Å². The van der Waals surface area contributed by atoms with Gasteiger partial charge in [0.1, 0.15) is 0 Å². The van der Waals surface area contributed by atoms with Gasteiger partial charge in [0.25, 0.3) is 5.97 Å². The summed E-state index contributed by atoms with van der Waals surface area (Å²) in [6, 6.07) is 0.260. The molecule has 0 aromatic carbocycles. The first-order valence-electron chi connectivity index (χ1n) is 11.4. The van der Waals surface area contributed by atoms with E-state index >= 15 is 0 Å². The van der Waals surface area contributed by atoms with E-state index in [0.717, 1.165) is 32.2 Å². The van der Waals surface area contributed by atoms with Crippen molar-refractivity contribution < 1.29 is 9.45 Å². The zero-order valence-electron chi connectivity index (χ0n) is 18.8. The number of carbonyl (C=O) groups excluding carboxylic acids is 1. The van der Waals surface area contributed by atoms with Crippen LogP contribution in [0.1, 0.15) is 105 Å². The van der Waals surface area contributed by atoms with Gasteiger partial charge in [-0.15, -0.1) is 11.5 Å². The Labute approximate surface area is 180 Å². The van der Waals surface area contributed by atoms with Gasteiger partial charge in [0.05, 0.1) is 0 Å². The number of nitrogens with zero attached hydrogens (tertiary/aromatic N) is 1. The maximum atomic E-state index is 11.9. The van der Waals surface area contributed by atoms with Crippen molar-refractivity contribution in [2.24, 2.45) is 0 Å². The van der Waals surface area contributed by atoms with Gasteiger partial charge in [0.15, 0.2) is 0 Å². The van der Waals surface area contributed by atoms with Gasteiger partial charge in [-0.05, 0) is 51.1 Å². The summed E-state index contributed by atoms with van der Waals surface area (Å²) < 4.78 is 5.32. The number of rotatable bonds is 18. The third-order valence-electron chi connectivity index (χ3n) is 4.85. The molecule has 0 bridgehead atoms. The van der Waals surface area contributed by atoms with Crippen LogP contribution in [0.5, 0.6) is 0 Å². The molecular formula is C23H43BClNO2. The summed E-state index contributed by atoms with van der Waals surface area (Å²) >= 11 is 6.18. The summed E-state index contributed by atoms with van der Waals surface area (Å²) in [7, 11) is 0. The second-order valence-electron chi connectivity index (χ2n) is 7.69. The predicted molar refractivity (Wildman–Crippen MR) is 125 cm³/mol. The highest BCUT2D eigenvalue weighted by Crippen LogP contribution is 2.11. The monoisotopic (exact) mass is 411 g/mol. The second kappa shape index (κ2) is 19.6. The average molecular weight is 412 g/mol. The molecule has 0 radical (unpaired) electrons. The smallest absolute Gasteiger partial charge is 0.507 e. The van der Waals surface area contributed by atoms with Crippen LogP contribution in [-0.4, -0.2) is 29.8 Å². The molecule has 0 rings (SSSR count). The Bertz CT molecular complexity index is 427. The molecule has 0 unspecified atom stereocenters. The molecule has 0 aromatic rings. The minimum absolute atomic E-state index is 0.190. The minimum Gasteiger partial charge on any atom is -0.507 e. The number of hydrogen-bond acceptors (Lipinski definition) is 3. The molecule has 0 aromatic heterocycles. The Balaban J connectivity index is 3.54. The molecule has 0 fully saturated rings. The van der Waals surface area contributed by atoms with Crippen LogP contribution < -0.4 is 0 Å². The molecule has 0 aliphatic heterocycles. The molecule has 0 amide bonds. The SMILES string of the molecule is CCCCC/C=C\C/C=C\CCCCCCCC(=O)OB(Cl)N(CC)C(C)C. The van der Waals surface area contributed by atoms with E-state index in [2.05, 4.69) is 31.2 Å². The van der Waals surface area contributed by atoms with Gasteiger partial charge in [-0.25, -0.2) is 0 Å². The Hall–Kier alpha value is -0.735. The minimum atomic E-state index is -0.657. The Morgan fingerprint density at radius 2 is 1.50 bits per heavy atom. The van der Waals surface area contributed by atoms with Gasteiger partial charge in [-0.3, -0.25) is 9.61 Å². The molecule has 28 heavy (non-hydrogen) atoms. The van der Waals surface area contributed by atoms with Gasteiger partial charge in [0, 0.05) is 6.42 Å². The average Bonchev–Trinajstić information content (AvgIpc) is 2.65. The molecule has 0 atom stereocenters. The van der Waals surface area contributed by atoms with Gasteiger partial charge in [-0.1, -0.05) is 84.1 Å². The first-order chi connectivity index (χ1) is 13.5. The van der Waals surface area contributed by atoms with Crippen molar-refractivity contribution in [3.63, 3.8) is 0 Å². The Morgan fingerprint density at radius 3 is 2.07 bits per heavy atom. The van der Waals surface area contributed by atoms with Crippen molar-refractivity contribution in [1.82, 2.24) is 4.81 Å². The highest BCUT2D eigenvalue weighted by atomic mass is 35.5. The first-order valence-corrected chi connectivity index (χ1v) is 11.9. The summed E-state index contributed by atoms with van der Waals surface area (Å²) in [5.74, 6) is -0.190. The fraction of sp³-hybridized carbons (Fsp3) is 0.783. The van der Waals surface area contributed by atoms with Gasteiger partial charge in [-0.2, -0.15) is 0 Å². The fourth-order valence-corrected chi connectivity index (χ4v) is 3.52. The molecule has 0 heterocycles. The zero-order chi connectivity index (χ0) is 21.0. The lowest BCUT2D eigenvalue weighted by atomic mass is 10.1. The van der Waals surface area contributed by atoms with Crippen molar-refractivity contribution in [3.05, 3.63) is 24.3 Å². The lowest BCUT2D eigenvalue weighted by molar-refractivity contribution is -0.135. The zero-order valence-corrected chi connectivity index (χ0v) is 19.6. The highest BCUT2D eigenvalue weighted by molar-refractivity contribution is 7.02. The second-order valence-corrected chi connectivity index (χ2v) is 8.06. The van der Waals surface area contributed by atoms with Crippen molar-refractivity contribution in [2.45, 2.75) is 111 Å². The van der Waals surface area contributed by atoms with Crippen LogP contribution in [0.2, 0.25) is 0 Å². The van der Waals surface area contributed by atoms with Crippen LogP contribution in [0.3, 0.4) is 0 Å². The lowest BCUT2D eigenvalue weighted by Gasteiger charge is -2.26. The Morgan fingerprint density at radius 1 is 0.929 bits per heavy atom. The van der Waals surface area contributed by atoms with Gasteiger partial charge in [0.2, 0.25) is 0 Å². The molecule has 0 saturated carbocycles. The lowest BCUT2D eigenvalue weighted by Crippen LogP contribution is -2.43. The Kier molecular flexibility index (Phi) is 19.1. The normalized spacial score (nSPS) is 12.0. The van der Waals surface area contributed by atoms with E-state index in [-0.39, 0.29) is 12.0 Å². The quantitative estimate of drug-likeness (QED) is 0.135. The van der Waals surface area contributed by atoms with Crippen LogP contribution in [-0.2, 0) is 9.45 Å². The van der Waals surface area contributed by atoms with Crippen LogP contribution in [0.25, 0.3) is 0 Å². The van der Waals surface area contributed by atoms with Crippen LogP contribution in [0.4, 0.5) is 0 Å². The van der Waals surface area contributed by atoms with Crippen LogP contribution in [0, 0.1) is 0 Å². The fourth-order valence-electron chi connectivity index (χ4n) is 3.06. The highest BCUT2D eigenvalue weighted by Gasteiger charge is 2.28. The maximum absolute atomic E-state index is 11.9. The summed E-state index contributed by atoms with van der Waals surface area (Å²) in [6.45, 7) is 8.47. The molecule has 0 spiro atoms. The van der Waals surface area contributed by atoms with Crippen molar-refractivity contribution in [1.29, 1.82) is 0 Å². The number of hydrogen-bond donors (Lipinski definition) is 0. The molecule has 162 valence electrons. The van der Waals surface area contributed by atoms with E-state index in [1.807, 2.05) is 25.6 Å². The predicted octanol–water partition coefficient (Wildman–Crippen LogP) is 7.30. The maximum Gasteiger partial charge on any atom is 0.564 e. The van der Waals surface area contributed by atoms with Gasteiger partial charge < -0.3 is 4.65 Å². The van der Waals surface area contributed by atoms with Crippen molar-refractivity contribution in [2.75, 3.05) is 6.54 Å². The standard InChI is InChI=1S/C23H43BClNO2/c1-5-7-8-9-10-11-12-13-14-15-16-17-18-19-20-21-23(27)28-24(25)26(6-2)22(3)4/h10-11,13-14,22H,5-9,12,15-21H2,1-4H3/b11-10-,14-13-. The van der Waals surface area contributed by atoms with E-state index in [1.54, 1.807) is 0 Å². The summed E-state index contributed by atoms with van der Waals surface area (Å²) in [6.07, 6.45) is 22.6. The van der Waals surface area contributed by atoms with E-state index in [9.17, 15) is 4.79 Å². The number of allylic oxidation sites excluding steroid dienone is 4. The van der Waals surface area contributed by atoms with Crippen LogP contribution >= 0.6 is 11.5 Å². The molecule has 0 saturated heterocycles. The van der Waals surface area contributed by atoms with Crippen molar-refractivity contribution >= 4 is 23.9 Å². The number of halogens is 1. The summed E-state index contributed by atoms with van der Waals surface area (Å²) in [5.41, 5.74) is 0. The largest absolute Gasteiger partial charge is 0.564 e. The molecule has 0 N–H and O–H groups in total. The third kappa shape index (κ3) is 16.2. The van der Waals surface area contributed by atoms with E-state index < -0.39 is 6.47 Å². The number of unbranched alkanes of at least 4 members (excludes halogenated alkanes) is 8. The van der Waals surface area contributed by atoms with E-state index in [0.29, 0.717) is 6.42 Å². The molecule has 0 aliphatic carbocycles. The topological polar surface area (TPSA) is 29.5 Å². The molecule has 5 heteroatoms. The summed E-state index contributed by atoms with van der Waals surface area (Å²) in [5, 5.41) is 0. The molecular weight excluding hydrogens is 369 g/mol. The van der Waals surface area contributed by atoms with Crippen molar-refractivity contribution in [3.8, 4) is 0 Å².